The molecule has 0 fully saturated rings. The van der Waals surface area contributed by atoms with E-state index < -0.39 is 17.9 Å². The number of carbonyl (C=O) groups excluding carboxylic acids is 1. The van der Waals surface area contributed by atoms with Gasteiger partial charge in [-0.05, 0) is 39.7 Å². The summed E-state index contributed by atoms with van der Waals surface area (Å²) in [5.41, 5.74) is 6.86. The summed E-state index contributed by atoms with van der Waals surface area (Å²) < 4.78 is 0.548. The Hall–Kier alpha value is -2.34. The van der Waals surface area contributed by atoms with Crippen LogP contribution in [0, 0.1) is 0 Å². The van der Waals surface area contributed by atoms with E-state index in [1.807, 2.05) is 0 Å². The van der Waals surface area contributed by atoms with E-state index in [9.17, 15) is 14.7 Å². The SMILES string of the molecule is Nc1ccc(Br)c(C(=O)NC(C(=O)O)c2ccccc2)c1. The molecule has 1 amide bonds. The van der Waals surface area contributed by atoms with Crippen LogP contribution < -0.4 is 11.1 Å². The molecule has 6 heteroatoms. The van der Waals surface area contributed by atoms with Crippen LogP contribution in [0.3, 0.4) is 0 Å². The Labute approximate surface area is 129 Å². The van der Waals surface area contributed by atoms with E-state index >= 15 is 0 Å². The van der Waals surface area contributed by atoms with Crippen molar-refractivity contribution in [3.63, 3.8) is 0 Å². The normalized spacial score (nSPS) is 11.7. The number of nitrogens with two attached hydrogens (primary N) is 1. The lowest BCUT2D eigenvalue weighted by Gasteiger charge is -2.15. The Morgan fingerprint density at radius 1 is 1.14 bits per heavy atom. The number of rotatable bonds is 4. The number of carboxylic acid groups (broad SMARTS) is 1. The van der Waals surface area contributed by atoms with E-state index in [1.165, 1.54) is 6.07 Å². The van der Waals surface area contributed by atoms with Gasteiger partial charge in [-0.3, -0.25) is 4.79 Å². The Kier molecular flexibility index (Phi) is 4.59. The number of halogens is 1. The van der Waals surface area contributed by atoms with Crippen molar-refractivity contribution in [2.75, 3.05) is 5.73 Å². The highest BCUT2D eigenvalue weighted by Gasteiger charge is 2.23. The number of hydrogen-bond donors (Lipinski definition) is 3. The maximum atomic E-state index is 12.2. The number of anilines is 1. The molecule has 0 heterocycles. The molecule has 2 rings (SSSR count). The van der Waals surface area contributed by atoms with Gasteiger partial charge in [0.2, 0.25) is 0 Å². The van der Waals surface area contributed by atoms with Crippen LogP contribution in [-0.2, 0) is 4.79 Å². The summed E-state index contributed by atoms with van der Waals surface area (Å²) in [5, 5.41) is 11.8. The van der Waals surface area contributed by atoms with Crippen molar-refractivity contribution in [2.24, 2.45) is 0 Å². The van der Waals surface area contributed by atoms with Crippen LogP contribution in [-0.4, -0.2) is 17.0 Å². The Balaban J connectivity index is 2.27. The van der Waals surface area contributed by atoms with Gasteiger partial charge in [0.25, 0.3) is 5.91 Å². The Morgan fingerprint density at radius 2 is 1.81 bits per heavy atom. The van der Waals surface area contributed by atoms with Crippen LogP contribution in [0.5, 0.6) is 0 Å². The van der Waals surface area contributed by atoms with Gasteiger partial charge in [0, 0.05) is 10.2 Å². The van der Waals surface area contributed by atoms with Crippen molar-refractivity contribution in [3.8, 4) is 0 Å². The second-order valence-electron chi connectivity index (χ2n) is 4.39. The third-order valence-electron chi connectivity index (χ3n) is 2.89. The molecule has 0 radical (unpaired) electrons. The van der Waals surface area contributed by atoms with Crippen molar-refractivity contribution >= 4 is 33.5 Å². The van der Waals surface area contributed by atoms with Crippen molar-refractivity contribution in [1.29, 1.82) is 0 Å². The third kappa shape index (κ3) is 3.61. The predicted octanol–water partition coefficient (Wildman–Crippen LogP) is 2.59. The zero-order valence-corrected chi connectivity index (χ0v) is 12.5. The third-order valence-corrected chi connectivity index (χ3v) is 3.58. The van der Waals surface area contributed by atoms with Crippen LogP contribution in [0.15, 0.2) is 53.0 Å². The summed E-state index contributed by atoms with van der Waals surface area (Å²) in [6.45, 7) is 0. The number of benzene rings is 2. The molecular formula is C15H13BrN2O3. The van der Waals surface area contributed by atoms with E-state index in [0.717, 1.165) is 0 Å². The lowest BCUT2D eigenvalue weighted by atomic mass is 10.1. The zero-order valence-electron chi connectivity index (χ0n) is 10.9. The van der Waals surface area contributed by atoms with E-state index in [-0.39, 0.29) is 5.56 Å². The maximum Gasteiger partial charge on any atom is 0.330 e. The van der Waals surface area contributed by atoms with Gasteiger partial charge < -0.3 is 16.2 Å². The molecule has 0 aliphatic rings. The number of hydrogen-bond acceptors (Lipinski definition) is 3. The van der Waals surface area contributed by atoms with Crippen LogP contribution in [0.25, 0.3) is 0 Å². The van der Waals surface area contributed by atoms with E-state index in [4.69, 9.17) is 5.73 Å². The molecule has 5 nitrogen and oxygen atoms in total. The fourth-order valence-corrected chi connectivity index (χ4v) is 2.29. The summed E-state index contributed by atoms with van der Waals surface area (Å²) in [7, 11) is 0. The summed E-state index contributed by atoms with van der Waals surface area (Å²) in [4.78, 5) is 23.6. The number of carbonyl (C=O) groups is 2. The summed E-state index contributed by atoms with van der Waals surface area (Å²) in [6, 6.07) is 12.2. The molecule has 21 heavy (non-hydrogen) atoms. The van der Waals surface area contributed by atoms with Crippen molar-refractivity contribution in [2.45, 2.75) is 6.04 Å². The number of aliphatic carboxylic acids is 1. The quantitative estimate of drug-likeness (QED) is 0.740. The van der Waals surface area contributed by atoms with Crippen molar-refractivity contribution in [1.82, 2.24) is 5.32 Å². The lowest BCUT2D eigenvalue weighted by molar-refractivity contribution is -0.139. The second kappa shape index (κ2) is 6.41. The van der Waals surface area contributed by atoms with Gasteiger partial charge in [0.05, 0.1) is 5.56 Å². The van der Waals surface area contributed by atoms with Crippen LogP contribution in [0.2, 0.25) is 0 Å². The summed E-state index contributed by atoms with van der Waals surface area (Å²) >= 11 is 3.25. The minimum Gasteiger partial charge on any atom is -0.479 e. The van der Waals surface area contributed by atoms with Gasteiger partial charge in [-0.2, -0.15) is 0 Å². The standard InChI is InChI=1S/C15H13BrN2O3/c16-12-7-6-10(17)8-11(12)14(19)18-13(15(20)21)9-4-2-1-3-5-9/h1-8,13H,17H2,(H,18,19)(H,20,21). The van der Waals surface area contributed by atoms with Crippen molar-refractivity contribution in [3.05, 3.63) is 64.1 Å². The molecule has 4 N–H and O–H groups in total. The molecule has 1 atom stereocenters. The van der Waals surface area contributed by atoms with Gasteiger partial charge >= 0.3 is 5.97 Å². The highest BCUT2D eigenvalue weighted by atomic mass is 79.9. The van der Waals surface area contributed by atoms with Gasteiger partial charge in [-0.1, -0.05) is 30.3 Å². The summed E-state index contributed by atoms with van der Waals surface area (Å²) in [5.74, 6) is -1.64. The topological polar surface area (TPSA) is 92.4 Å². The molecular weight excluding hydrogens is 336 g/mol. The molecule has 2 aromatic carbocycles. The number of carboxylic acids is 1. The second-order valence-corrected chi connectivity index (χ2v) is 5.25. The van der Waals surface area contributed by atoms with E-state index in [0.29, 0.717) is 15.7 Å². The first-order valence-electron chi connectivity index (χ1n) is 6.12. The Bertz CT molecular complexity index is 674. The fraction of sp³-hybridized carbons (Fsp3) is 0.0667. The minimum absolute atomic E-state index is 0.289. The molecule has 0 aliphatic carbocycles. The zero-order chi connectivity index (χ0) is 15.4. The maximum absolute atomic E-state index is 12.2. The molecule has 0 aromatic heterocycles. The van der Waals surface area contributed by atoms with Crippen LogP contribution >= 0.6 is 15.9 Å². The molecule has 2 aromatic rings. The van der Waals surface area contributed by atoms with Gasteiger partial charge in [-0.25, -0.2) is 4.79 Å². The first kappa shape index (κ1) is 15.1. The molecule has 0 aliphatic heterocycles. The number of nitrogen functional groups attached to an aromatic ring is 1. The lowest BCUT2D eigenvalue weighted by Crippen LogP contribution is -2.33. The molecule has 108 valence electrons. The highest BCUT2D eigenvalue weighted by Crippen LogP contribution is 2.21. The predicted molar refractivity (Wildman–Crippen MR) is 82.8 cm³/mol. The molecule has 0 bridgehead atoms. The number of nitrogens with one attached hydrogen (secondary N) is 1. The summed E-state index contributed by atoms with van der Waals surface area (Å²) in [6.07, 6.45) is 0. The molecule has 1 unspecified atom stereocenters. The average Bonchev–Trinajstić information content (AvgIpc) is 2.47. The fourth-order valence-electron chi connectivity index (χ4n) is 1.86. The van der Waals surface area contributed by atoms with Gasteiger partial charge in [0.1, 0.15) is 0 Å². The van der Waals surface area contributed by atoms with Crippen molar-refractivity contribution < 1.29 is 14.7 Å². The number of amides is 1. The first-order valence-corrected chi connectivity index (χ1v) is 6.92. The smallest absolute Gasteiger partial charge is 0.330 e. The van der Waals surface area contributed by atoms with E-state index in [1.54, 1.807) is 42.5 Å². The van der Waals surface area contributed by atoms with E-state index in [2.05, 4.69) is 21.2 Å². The first-order chi connectivity index (χ1) is 9.99. The highest BCUT2D eigenvalue weighted by molar-refractivity contribution is 9.10. The average molecular weight is 349 g/mol. The minimum atomic E-state index is -1.13. The monoisotopic (exact) mass is 348 g/mol. The van der Waals surface area contributed by atoms with Gasteiger partial charge in [0.15, 0.2) is 6.04 Å². The van der Waals surface area contributed by atoms with Gasteiger partial charge in [-0.15, -0.1) is 0 Å². The van der Waals surface area contributed by atoms with Crippen LogP contribution in [0.1, 0.15) is 22.0 Å². The molecule has 0 saturated carbocycles. The largest absolute Gasteiger partial charge is 0.479 e. The Morgan fingerprint density at radius 3 is 2.43 bits per heavy atom. The molecule has 0 saturated heterocycles. The molecule has 0 spiro atoms. The van der Waals surface area contributed by atoms with Crippen LogP contribution in [0.4, 0.5) is 5.69 Å².